The number of aromatic carboxylic acids is 1. The zero-order chi connectivity index (χ0) is 23.9. The third kappa shape index (κ3) is 4.38. The molecule has 10 heteroatoms. The topological polar surface area (TPSA) is 139 Å². The number of nitrogens with one attached hydrogen (secondary N) is 2. The van der Waals surface area contributed by atoms with E-state index in [4.69, 9.17) is 5.11 Å². The molecule has 0 aromatic heterocycles. The van der Waals surface area contributed by atoms with E-state index >= 15 is 0 Å². The maximum atomic E-state index is 12.5. The number of carbonyl (C=O) groups is 3. The first-order valence-electron chi connectivity index (χ1n) is 10.8. The second-order valence-electron chi connectivity index (χ2n) is 8.65. The van der Waals surface area contributed by atoms with Crippen molar-refractivity contribution in [2.24, 2.45) is 11.8 Å². The van der Waals surface area contributed by atoms with Gasteiger partial charge in [0.2, 0.25) is 5.91 Å². The SMILES string of the molecule is C[C@@H](O)[C@H]1C(=O)N2C(C(=O)O)=C(S[C@@H]3CN[C@H](/C=C/Nc4cccc(C(=O)O)c4)C3)[C@H](C)[C@H]12. The maximum absolute atomic E-state index is 12.5. The molecule has 6 atom stereocenters. The van der Waals surface area contributed by atoms with E-state index in [1.807, 2.05) is 13.0 Å². The van der Waals surface area contributed by atoms with Crippen LogP contribution in [0, 0.1) is 11.8 Å². The van der Waals surface area contributed by atoms with Crippen LogP contribution < -0.4 is 10.6 Å². The molecule has 0 spiro atoms. The molecule has 0 saturated carbocycles. The van der Waals surface area contributed by atoms with E-state index in [9.17, 15) is 24.6 Å². The van der Waals surface area contributed by atoms with Gasteiger partial charge in [-0.2, -0.15) is 0 Å². The van der Waals surface area contributed by atoms with Gasteiger partial charge in [0.15, 0.2) is 0 Å². The van der Waals surface area contributed by atoms with Crippen molar-refractivity contribution in [3.63, 3.8) is 0 Å². The summed E-state index contributed by atoms with van der Waals surface area (Å²) in [6.07, 6.45) is 3.69. The number of rotatable bonds is 8. The second-order valence-corrected chi connectivity index (χ2v) is 9.99. The summed E-state index contributed by atoms with van der Waals surface area (Å²) in [5.41, 5.74) is 0.935. The summed E-state index contributed by atoms with van der Waals surface area (Å²) in [7, 11) is 0. The fourth-order valence-electron chi connectivity index (χ4n) is 4.83. The Bertz CT molecular complexity index is 1040. The van der Waals surface area contributed by atoms with Gasteiger partial charge in [-0.3, -0.25) is 4.79 Å². The number of thioether (sulfide) groups is 1. The molecule has 0 bridgehead atoms. The van der Waals surface area contributed by atoms with E-state index in [-0.39, 0.29) is 40.4 Å². The van der Waals surface area contributed by atoms with E-state index in [2.05, 4.69) is 10.6 Å². The number of hydrogen-bond acceptors (Lipinski definition) is 7. The molecule has 9 nitrogen and oxygen atoms in total. The lowest BCUT2D eigenvalue weighted by molar-refractivity contribution is -0.163. The summed E-state index contributed by atoms with van der Waals surface area (Å²) in [6.45, 7) is 4.18. The standard InChI is InChI=1S/C23H27N3O6S/c1-11-18-17(12(2)27)21(28)26(18)19(23(31)32)20(11)33-16-9-15(25-10-16)6-7-24-14-5-3-4-13(8-14)22(29)30/h3-8,11-12,15-18,24-25,27H,9-10H2,1-2H3,(H,29,30)(H,31,32)/b7-6+/t11-,12-,15-,16+,17-,18-/m1/s1. The number of carboxylic acids is 2. The van der Waals surface area contributed by atoms with E-state index < -0.39 is 24.0 Å². The van der Waals surface area contributed by atoms with Crippen LogP contribution in [0.25, 0.3) is 0 Å². The Labute approximate surface area is 195 Å². The molecule has 1 amide bonds. The number of fused-ring (bicyclic) bond motifs is 1. The predicted octanol–water partition coefficient (Wildman–Crippen LogP) is 1.93. The Kier molecular flexibility index (Phi) is 6.51. The van der Waals surface area contributed by atoms with Gasteiger partial charge in [0.1, 0.15) is 5.70 Å². The predicted molar refractivity (Wildman–Crippen MR) is 124 cm³/mol. The number of aliphatic hydroxyl groups excluding tert-OH is 1. The number of anilines is 1. The van der Waals surface area contributed by atoms with Crippen LogP contribution >= 0.6 is 11.8 Å². The quantitative estimate of drug-likeness (QED) is 0.358. The number of hydrogen-bond donors (Lipinski definition) is 5. The third-order valence-corrected chi connectivity index (χ3v) is 7.93. The minimum atomic E-state index is -1.11. The van der Waals surface area contributed by atoms with Crippen LogP contribution in [-0.2, 0) is 9.59 Å². The first kappa shape index (κ1) is 23.3. The molecule has 1 aromatic carbocycles. The van der Waals surface area contributed by atoms with Gasteiger partial charge in [-0.1, -0.05) is 19.1 Å². The lowest BCUT2D eigenvalue weighted by Crippen LogP contribution is -2.63. The van der Waals surface area contributed by atoms with Crippen molar-refractivity contribution in [1.82, 2.24) is 10.2 Å². The molecule has 1 aromatic rings. The highest BCUT2D eigenvalue weighted by atomic mass is 32.2. The van der Waals surface area contributed by atoms with Gasteiger partial charge in [0, 0.05) is 34.3 Å². The molecule has 5 N–H and O–H groups in total. The molecule has 2 saturated heterocycles. The van der Waals surface area contributed by atoms with Crippen molar-refractivity contribution >= 4 is 35.3 Å². The number of nitrogens with zero attached hydrogens (tertiary/aromatic N) is 1. The molecule has 3 aliphatic heterocycles. The summed E-state index contributed by atoms with van der Waals surface area (Å²) < 4.78 is 0. The van der Waals surface area contributed by atoms with Crippen LogP contribution in [0.5, 0.6) is 0 Å². The summed E-state index contributed by atoms with van der Waals surface area (Å²) in [5, 5.41) is 35.4. The van der Waals surface area contributed by atoms with Crippen molar-refractivity contribution in [3.8, 4) is 0 Å². The van der Waals surface area contributed by atoms with Crippen molar-refractivity contribution in [2.75, 3.05) is 11.9 Å². The van der Waals surface area contributed by atoms with Gasteiger partial charge in [0.05, 0.1) is 23.6 Å². The number of carboxylic acid groups (broad SMARTS) is 2. The van der Waals surface area contributed by atoms with Crippen LogP contribution in [0.3, 0.4) is 0 Å². The molecule has 33 heavy (non-hydrogen) atoms. The second kappa shape index (κ2) is 9.20. The third-order valence-electron chi connectivity index (χ3n) is 6.42. The zero-order valence-electron chi connectivity index (χ0n) is 18.3. The molecule has 2 fully saturated rings. The van der Waals surface area contributed by atoms with Gasteiger partial charge in [-0.05, 0) is 37.7 Å². The molecular formula is C23H27N3O6S. The molecule has 0 unspecified atom stereocenters. The lowest BCUT2D eigenvalue weighted by Gasteiger charge is -2.46. The Morgan fingerprint density at radius 1 is 1.30 bits per heavy atom. The fourth-order valence-corrected chi connectivity index (χ4v) is 6.32. The monoisotopic (exact) mass is 473 g/mol. The van der Waals surface area contributed by atoms with Crippen molar-refractivity contribution in [1.29, 1.82) is 0 Å². The highest BCUT2D eigenvalue weighted by Crippen LogP contribution is 2.51. The molecule has 3 aliphatic rings. The van der Waals surface area contributed by atoms with E-state index in [0.717, 1.165) is 6.42 Å². The minimum absolute atomic E-state index is 0.0540. The molecule has 4 rings (SSSR count). The molecule has 0 aliphatic carbocycles. The number of aliphatic carboxylic acids is 1. The average molecular weight is 474 g/mol. The summed E-state index contributed by atoms with van der Waals surface area (Å²) in [6, 6.07) is 6.31. The van der Waals surface area contributed by atoms with Gasteiger partial charge in [-0.25, -0.2) is 9.59 Å². The zero-order valence-corrected chi connectivity index (χ0v) is 19.1. The number of β-lactam (4-membered cyclic amide) rings is 1. The highest BCUT2D eigenvalue weighted by Gasteiger charge is 2.60. The smallest absolute Gasteiger partial charge is 0.353 e. The largest absolute Gasteiger partial charge is 0.478 e. The average Bonchev–Trinajstić information content (AvgIpc) is 3.29. The fraction of sp³-hybridized carbons (Fsp3) is 0.435. The summed E-state index contributed by atoms with van der Waals surface area (Å²) in [5.74, 6) is -3.12. The van der Waals surface area contributed by atoms with E-state index in [1.54, 1.807) is 31.3 Å². The van der Waals surface area contributed by atoms with Gasteiger partial charge in [0.25, 0.3) is 0 Å². The number of carbonyl (C=O) groups excluding carboxylic acids is 1. The molecule has 0 radical (unpaired) electrons. The van der Waals surface area contributed by atoms with Crippen LogP contribution in [0.4, 0.5) is 5.69 Å². The van der Waals surface area contributed by atoms with Crippen LogP contribution in [0.2, 0.25) is 0 Å². The van der Waals surface area contributed by atoms with Gasteiger partial charge in [-0.15, -0.1) is 11.8 Å². The Morgan fingerprint density at radius 3 is 2.73 bits per heavy atom. The number of aliphatic hydroxyl groups is 1. The minimum Gasteiger partial charge on any atom is -0.478 e. The Hall–Kier alpha value is -2.82. The van der Waals surface area contributed by atoms with Crippen molar-refractivity contribution in [3.05, 3.63) is 52.7 Å². The Morgan fingerprint density at radius 2 is 2.06 bits per heavy atom. The van der Waals surface area contributed by atoms with Gasteiger partial charge >= 0.3 is 11.9 Å². The van der Waals surface area contributed by atoms with Crippen molar-refractivity contribution in [2.45, 2.75) is 43.7 Å². The van der Waals surface area contributed by atoms with Crippen LogP contribution in [0.1, 0.15) is 30.6 Å². The molecule has 176 valence electrons. The highest BCUT2D eigenvalue weighted by molar-refractivity contribution is 8.03. The maximum Gasteiger partial charge on any atom is 0.353 e. The van der Waals surface area contributed by atoms with Crippen molar-refractivity contribution < 1.29 is 29.7 Å². The lowest BCUT2D eigenvalue weighted by atomic mass is 9.79. The number of benzene rings is 1. The first-order valence-corrected chi connectivity index (χ1v) is 11.7. The normalized spacial score (nSPS) is 29.8. The van der Waals surface area contributed by atoms with E-state index in [0.29, 0.717) is 17.1 Å². The van der Waals surface area contributed by atoms with Crippen LogP contribution in [0.15, 0.2) is 47.1 Å². The summed E-state index contributed by atoms with van der Waals surface area (Å²) in [4.78, 5) is 37.6. The number of amides is 1. The summed E-state index contributed by atoms with van der Waals surface area (Å²) >= 11 is 1.50. The first-order chi connectivity index (χ1) is 15.7. The van der Waals surface area contributed by atoms with Gasteiger partial charge < -0.3 is 30.9 Å². The van der Waals surface area contributed by atoms with Crippen LogP contribution in [-0.4, -0.2) is 68.0 Å². The molecule has 3 heterocycles. The Balaban J connectivity index is 1.38. The molecular weight excluding hydrogens is 446 g/mol. The van der Waals surface area contributed by atoms with E-state index in [1.165, 1.54) is 22.7 Å².